The molecule has 18 heavy (non-hydrogen) atoms. The summed E-state index contributed by atoms with van der Waals surface area (Å²) in [6, 6.07) is 4.51. The lowest BCUT2D eigenvalue weighted by molar-refractivity contribution is -0.287. The SMILES string of the molecule is CCCCC[C@H](N)c1cccc2c1OC(F)(F)O2. The Labute approximate surface area is 105 Å². The zero-order chi connectivity index (χ0) is 13.2. The summed E-state index contributed by atoms with van der Waals surface area (Å²) in [4.78, 5) is 0. The van der Waals surface area contributed by atoms with Crippen molar-refractivity contribution in [1.29, 1.82) is 0 Å². The molecule has 1 aromatic rings. The van der Waals surface area contributed by atoms with Crippen LogP contribution in [0.2, 0.25) is 0 Å². The zero-order valence-electron chi connectivity index (χ0n) is 10.3. The molecule has 2 N–H and O–H groups in total. The third-order valence-corrected chi connectivity index (χ3v) is 2.98. The first-order chi connectivity index (χ1) is 8.53. The Morgan fingerprint density at radius 3 is 2.78 bits per heavy atom. The second-order valence-electron chi connectivity index (χ2n) is 4.44. The molecule has 5 heteroatoms. The Bertz CT molecular complexity index is 423. The van der Waals surface area contributed by atoms with Gasteiger partial charge in [0, 0.05) is 11.6 Å². The molecule has 0 unspecified atom stereocenters. The van der Waals surface area contributed by atoms with Gasteiger partial charge in [0.1, 0.15) is 0 Å². The molecule has 2 rings (SSSR count). The van der Waals surface area contributed by atoms with Crippen LogP contribution in [0.5, 0.6) is 11.5 Å². The van der Waals surface area contributed by atoms with Crippen molar-refractivity contribution in [2.45, 2.75) is 44.9 Å². The molecule has 1 aromatic carbocycles. The Morgan fingerprint density at radius 2 is 2.06 bits per heavy atom. The van der Waals surface area contributed by atoms with Crippen molar-refractivity contribution < 1.29 is 18.3 Å². The predicted molar refractivity (Wildman–Crippen MR) is 63.7 cm³/mol. The number of alkyl halides is 2. The lowest BCUT2D eigenvalue weighted by Crippen LogP contribution is -2.26. The topological polar surface area (TPSA) is 44.5 Å². The third kappa shape index (κ3) is 2.72. The van der Waals surface area contributed by atoms with Crippen LogP contribution in [0.4, 0.5) is 8.78 Å². The van der Waals surface area contributed by atoms with E-state index in [9.17, 15) is 8.78 Å². The van der Waals surface area contributed by atoms with Gasteiger partial charge < -0.3 is 15.2 Å². The molecule has 0 aliphatic carbocycles. The van der Waals surface area contributed by atoms with Gasteiger partial charge in [0.05, 0.1) is 0 Å². The quantitative estimate of drug-likeness (QED) is 0.820. The normalized spacial score (nSPS) is 17.8. The van der Waals surface area contributed by atoms with Crippen LogP contribution in [0.1, 0.15) is 44.2 Å². The van der Waals surface area contributed by atoms with E-state index in [2.05, 4.69) is 16.4 Å². The zero-order valence-corrected chi connectivity index (χ0v) is 10.3. The molecule has 0 fully saturated rings. The van der Waals surface area contributed by atoms with Gasteiger partial charge in [-0.05, 0) is 12.5 Å². The van der Waals surface area contributed by atoms with Crippen molar-refractivity contribution in [1.82, 2.24) is 0 Å². The van der Waals surface area contributed by atoms with E-state index in [4.69, 9.17) is 5.73 Å². The summed E-state index contributed by atoms with van der Waals surface area (Å²) >= 11 is 0. The highest BCUT2D eigenvalue weighted by atomic mass is 19.3. The van der Waals surface area contributed by atoms with Gasteiger partial charge >= 0.3 is 6.29 Å². The summed E-state index contributed by atoms with van der Waals surface area (Å²) in [5, 5.41) is 0. The molecule has 0 amide bonds. The van der Waals surface area contributed by atoms with Crippen LogP contribution in [0.25, 0.3) is 0 Å². The second kappa shape index (κ2) is 5.10. The molecule has 3 nitrogen and oxygen atoms in total. The number of hydrogen-bond donors (Lipinski definition) is 1. The molecule has 0 bridgehead atoms. The molecule has 0 spiro atoms. The van der Waals surface area contributed by atoms with Gasteiger partial charge in [0.15, 0.2) is 11.5 Å². The molecule has 0 aromatic heterocycles. The van der Waals surface area contributed by atoms with E-state index < -0.39 is 6.29 Å². The maximum atomic E-state index is 13.0. The molecule has 1 aliphatic rings. The minimum atomic E-state index is -3.58. The molecule has 100 valence electrons. The smallest absolute Gasteiger partial charge is 0.395 e. The summed E-state index contributed by atoms with van der Waals surface area (Å²) in [6.07, 6.45) is 0.312. The van der Waals surface area contributed by atoms with Crippen LogP contribution in [-0.4, -0.2) is 6.29 Å². The number of ether oxygens (including phenoxy) is 2. The maximum absolute atomic E-state index is 13.0. The highest BCUT2D eigenvalue weighted by molar-refractivity contribution is 5.50. The van der Waals surface area contributed by atoms with E-state index in [1.807, 2.05) is 0 Å². The van der Waals surface area contributed by atoms with E-state index in [1.165, 1.54) is 6.07 Å². The number of nitrogens with two attached hydrogens (primary N) is 1. The summed E-state index contributed by atoms with van der Waals surface area (Å²) < 4.78 is 34.9. The second-order valence-corrected chi connectivity index (χ2v) is 4.44. The van der Waals surface area contributed by atoms with E-state index in [-0.39, 0.29) is 17.5 Å². The molecule has 0 saturated carbocycles. The Kier molecular flexibility index (Phi) is 3.71. The molecular weight excluding hydrogens is 240 g/mol. The lowest BCUT2D eigenvalue weighted by atomic mass is 10.00. The lowest BCUT2D eigenvalue weighted by Gasteiger charge is -2.14. The molecule has 1 heterocycles. The average Bonchev–Trinajstić information content (AvgIpc) is 2.62. The highest BCUT2D eigenvalue weighted by Crippen LogP contribution is 2.45. The highest BCUT2D eigenvalue weighted by Gasteiger charge is 2.44. The van der Waals surface area contributed by atoms with Crippen molar-refractivity contribution in [3.8, 4) is 11.5 Å². The largest absolute Gasteiger partial charge is 0.586 e. The summed E-state index contributed by atoms with van der Waals surface area (Å²) in [5.41, 5.74) is 6.60. The molecular formula is C13H17F2NO2. The Balaban J connectivity index is 2.13. The van der Waals surface area contributed by atoms with Gasteiger partial charge in [-0.3, -0.25) is 0 Å². The van der Waals surface area contributed by atoms with E-state index in [0.29, 0.717) is 5.56 Å². The molecule has 0 radical (unpaired) electrons. The molecule has 1 atom stereocenters. The van der Waals surface area contributed by atoms with Gasteiger partial charge in [-0.1, -0.05) is 38.3 Å². The fourth-order valence-corrected chi connectivity index (χ4v) is 2.05. The van der Waals surface area contributed by atoms with Crippen LogP contribution >= 0.6 is 0 Å². The van der Waals surface area contributed by atoms with Gasteiger partial charge in [-0.25, -0.2) is 0 Å². The van der Waals surface area contributed by atoms with Crippen molar-refractivity contribution in [2.24, 2.45) is 5.73 Å². The third-order valence-electron chi connectivity index (χ3n) is 2.98. The number of fused-ring (bicyclic) bond motifs is 1. The van der Waals surface area contributed by atoms with Gasteiger partial charge in [0.25, 0.3) is 0 Å². The minimum absolute atomic E-state index is 0.0587. The standard InChI is InChI=1S/C13H17F2NO2/c1-2-3-4-7-10(16)9-6-5-8-11-12(9)18-13(14,15)17-11/h5-6,8,10H,2-4,7,16H2,1H3/t10-/m0/s1. The fraction of sp³-hybridized carbons (Fsp3) is 0.538. The van der Waals surface area contributed by atoms with Crippen LogP contribution in [0, 0.1) is 0 Å². The van der Waals surface area contributed by atoms with Crippen LogP contribution in [0.15, 0.2) is 18.2 Å². The van der Waals surface area contributed by atoms with Crippen molar-refractivity contribution in [2.75, 3.05) is 0 Å². The summed E-state index contributed by atoms with van der Waals surface area (Å²) in [7, 11) is 0. The number of hydrogen-bond acceptors (Lipinski definition) is 3. The number of benzene rings is 1. The first-order valence-corrected chi connectivity index (χ1v) is 6.18. The molecule has 0 saturated heterocycles. The number of rotatable bonds is 5. The Morgan fingerprint density at radius 1 is 1.28 bits per heavy atom. The minimum Gasteiger partial charge on any atom is -0.395 e. The molecule has 1 aliphatic heterocycles. The Hall–Kier alpha value is -1.36. The van der Waals surface area contributed by atoms with Crippen molar-refractivity contribution >= 4 is 0 Å². The average molecular weight is 257 g/mol. The van der Waals surface area contributed by atoms with E-state index in [1.54, 1.807) is 12.1 Å². The van der Waals surface area contributed by atoms with Gasteiger partial charge in [-0.15, -0.1) is 8.78 Å². The number of halogens is 2. The van der Waals surface area contributed by atoms with Crippen molar-refractivity contribution in [3.05, 3.63) is 23.8 Å². The maximum Gasteiger partial charge on any atom is 0.586 e. The number of para-hydroxylation sites is 1. The first kappa shape index (κ1) is 13.1. The van der Waals surface area contributed by atoms with Crippen LogP contribution in [-0.2, 0) is 0 Å². The van der Waals surface area contributed by atoms with Gasteiger partial charge in [0.2, 0.25) is 0 Å². The monoisotopic (exact) mass is 257 g/mol. The fourth-order valence-electron chi connectivity index (χ4n) is 2.05. The first-order valence-electron chi connectivity index (χ1n) is 6.18. The van der Waals surface area contributed by atoms with E-state index in [0.717, 1.165) is 25.7 Å². The predicted octanol–water partition coefficient (Wildman–Crippen LogP) is 3.59. The summed E-state index contributed by atoms with van der Waals surface area (Å²) in [6.45, 7) is 2.10. The van der Waals surface area contributed by atoms with Crippen LogP contribution < -0.4 is 15.2 Å². The van der Waals surface area contributed by atoms with Gasteiger partial charge in [-0.2, -0.15) is 0 Å². The van der Waals surface area contributed by atoms with Crippen molar-refractivity contribution in [3.63, 3.8) is 0 Å². The van der Waals surface area contributed by atoms with E-state index >= 15 is 0 Å². The summed E-state index contributed by atoms with van der Waals surface area (Å²) in [5.74, 6) is 0.134. The number of unbranched alkanes of at least 4 members (excludes halogenated alkanes) is 2. The van der Waals surface area contributed by atoms with Crippen LogP contribution in [0.3, 0.4) is 0 Å².